The maximum atomic E-state index is 12.6. The van der Waals surface area contributed by atoms with Gasteiger partial charge in [0.2, 0.25) is 5.95 Å². The van der Waals surface area contributed by atoms with E-state index in [2.05, 4.69) is 21.3 Å². The largest absolute Gasteiger partial charge is 0.394 e. The van der Waals surface area contributed by atoms with Gasteiger partial charge in [0, 0.05) is 25.3 Å². The maximum Gasteiger partial charge on any atom is 0.227 e. The Morgan fingerprint density at radius 1 is 1.23 bits per heavy atom. The van der Waals surface area contributed by atoms with E-state index < -0.39 is 10.8 Å². The van der Waals surface area contributed by atoms with Crippen molar-refractivity contribution in [3.05, 3.63) is 22.3 Å². The van der Waals surface area contributed by atoms with Crippen LogP contribution in [-0.2, 0) is 17.2 Å². The predicted octanol–water partition coefficient (Wildman–Crippen LogP) is 2.83. The Labute approximate surface area is 189 Å². The first kappa shape index (κ1) is 19.7. The van der Waals surface area contributed by atoms with E-state index in [-0.39, 0.29) is 12.1 Å². The lowest BCUT2D eigenvalue weighted by molar-refractivity contribution is 0.143. The molecule has 0 saturated heterocycles. The number of aryl methyl sites for hydroxylation is 1. The maximum absolute atomic E-state index is 12.6. The van der Waals surface area contributed by atoms with Crippen LogP contribution in [0.15, 0.2) is 16.5 Å². The van der Waals surface area contributed by atoms with Gasteiger partial charge in [0.05, 0.1) is 34.1 Å². The number of hydrogen-bond donors (Lipinski definition) is 2. The normalized spacial score (nSPS) is 22.3. The van der Waals surface area contributed by atoms with Gasteiger partial charge in [-0.3, -0.25) is 4.21 Å². The average Bonchev–Trinajstić information content (AvgIpc) is 3.46. The van der Waals surface area contributed by atoms with Crippen LogP contribution in [0.4, 0.5) is 11.8 Å². The number of aromatic nitrogens is 4. The van der Waals surface area contributed by atoms with Gasteiger partial charge in [-0.25, -0.2) is 15.0 Å². The third-order valence-corrected chi connectivity index (χ3v) is 9.70. The number of nitrogens with zero attached hydrogens (tertiary/aromatic N) is 5. The molecule has 8 nitrogen and oxygen atoms in total. The lowest BCUT2D eigenvalue weighted by atomic mass is 9.77. The Balaban J connectivity index is 1.28. The third-order valence-electron chi connectivity index (χ3n) is 6.35. The zero-order valence-electron chi connectivity index (χ0n) is 16.8. The van der Waals surface area contributed by atoms with Crippen molar-refractivity contribution in [2.45, 2.75) is 42.5 Å². The van der Waals surface area contributed by atoms with Crippen LogP contribution >= 0.6 is 22.7 Å². The van der Waals surface area contributed by atoms with Gasteiger partial charge in [-0.1, -0.05) is 17.4 Å². The quantitative estimate of drug-likeness (QED) is 0.582. The van der Waals surface area contributed by atoms with Gasteiger partial charge in [-0.15, -0.1) is 11.3 Å². The first-order valence-corrected chi connectivity index (χ1v) is 13.5. The molecule has 2 N–H and O–H groups in total. The fourth-order valence-electron chi connectivity index (χ4n) is 4.35. The number of rotatable bonds is 5. The number of hydrogen-bond acceptors (Lipinski definition) is 10. The van der Waals surface area contributed by atoms with E-state index >= 15 is 0 Å². The molecule has 6 rings (SSSR count). The lowest BCUT2D eigenvalue weighted by Gasteiger charge is -2.41. The van der Waals surface area contributed by atoms with E-state index in [1.54, 1.807) is 22.7 Å². The van der Waals surface area contributed by atoms with Crippen molar-refractivity contribution >= 4 is 60.5 Å². The molecule has 1 saturated carbocycles. The van der Waals surface area contributed by atoms with Crippen molar-refractivity contribution in [1.29, 1.82) is 0 Å². The lowest BCUT2D eigenvalue weighted by Crippen LogP contribution is -2.48. The summed E-state index contributed by atoms with van der Waals surface area (Å²) in [6.45, 7) is 1.57. The molecule has 3 aromatic rings. The topological polar surface area (TPSA) is 104 Å². The molecular weight excluding hydrogens is 452 g/mol. The first-order valence-electron chi connectivity index (χ1n) is 10.5. The summed E-state index contributed by atoms with van der Waals surface area (Å²) in [6, 6.07) is 0. The van der Waals surface area contributed by atoms with Crippen molar-refractivity contribution < 1.29 is 9.32 Å². The molecule has 1 aliphatic carbocycles. The van der Waals surface area contributed by atoms with Gasteiger partial charge in [-0.2, -0.15) is 4.98 Å². The standard InChI is InChI=1S/C20H22N6O2S3/c27-10-20(5-1-6-20)25-15-14-13(4-9-31(14)28)22-19(23-15)26-7-2-12(3-8-26)16-24-18-17(30-16)21-11-29-18/h2,11,27H,1,3-10H2,(H,22,23,25)/t31-/m1/s1. The van der Waals surface area contributed by atoms with E-state index in [4.69, 9.17) is 15.0 Å². The van der Waals surface area contributed by atoms with Crippen LogP contribution in [0.3, 0.4) is 0 Å². The molecular formula is C20H22N6O2S3. The molecule has 1 atom stereocenters. The van der Waals surface area contributed by atoms with Gasteiger partial charge < -0.3 is 15.3 Å². The Morgan fingerprint density at radius 3 is 2.84 bits per heavy atom. The number of thiazole rings is 2. The SMILES string of the molecule is O=[S@@]1CCc2nc(N3CC=C(c4nc5scnc5s4)CC3)nc(NC3(CO)CCC3)c21. The second-order valence-electron chi connectivity index (χ2n) is 8.27. The molecule has 0 amide bonds. The first-order chi connectivity index (χ1) is 15.1. The van der Waals surface area contributed by atoms with Crippen LogP contribution in [0.25, 0.3) is 15.2 Å². The highest BCUT2D eigenvalue weighted by molar-refractivity contribution is 7.85. The number of aliphatic hydroxyl groups excluding tert-OH is 1. The molecule has 0 aromatic carbocycles. The highest BCUT2D eigenvalue weighted by atomic mass is 32.2. The average molecular weight is 475 g/mol. The second kappa shape index (κ2) is 7.58. The summed E-state index contributed by atoms with van der Waals surface area (Å²) in [5.74, 6) is 1.91. The number of nitrogens with one attached hydrogen (secondary N) is 1. The Bertz CT molecular complexity index is 1180. The molecule has 5 heterocycles. The van der Waals surface area contributed by atoms with Crippen molar-refractivity contribution in [1.82, 2.24) is 19.9 Å². The van der Waals surface area contributed by atoms with E-state index in [0.29, 0.717) is 30.5 Å². The number of anilines is 2. The van der Waals surface area contributed by atoms with Gasteiger partial charge in [0.25, 0.3) is 0 Å². The zero-order chi connectivity index (χ0) is 21.0. The van der Waals surface area contributed by atoms with Crippen LogP contribution in [0, 0.1) is 0 Å². The molecule has 2 aliphatic heterocycles. The molecule has 0 radical (unpaired) electrons. The predicted molar refractivity (Wildman–Crippen MR) is 124 cm³/mol. The molecule has 0 bridgehead atoms. The Morgan fingerprint density at radius 2 is 2.13 bits per heavy atom. The van der Waals surface area contributed by atoms with Gasteiger partial charge in [0.15, 0.2) is 9.66 Å². The van der Waals surface area contributed by atoms with Crippen molar-refractivity contribution in [3.63, 3.8) is 0 Å². The van der Waals surface area contributed by atoms with E-state index in [9.17, 15) is 9.32 Å². The van der Waals surface area contributed by atoms with Crippen LogP contribution in [0.1, 0.15) is 36.4 Å². The fraction of sp³-hybridized carbons (Fsp3) is 0.500. The van der Waals surface area contributed by atoms with Crippen LogP contribution in [0.2, 0.25) is 0 Å². The smallest absolute Gasteiger partial charge is 0.227 e. The van der Waals surface area contributed by atoms with E-state index in [1.807, 2.05) is 5.51 Å². The molecule has 11 heteroatoms. The molecule has 3 aliphatic rings. The number of fused-ring (bicyclic) bond motifs is 2. The van der Waals surface area contributed by atoms with Crippen LogP contribution in [0.5, 0.6) is 0 Å². The minimum atomic E-state index is -1.08. The fourth-order valence-corrected chi connectivity index (χ4v) is 7.48. The summed E-state index contributed by atoms with van der Waals surface area (Å²) in [7, 11) is -1.08. The third kappa shape index (κ3) is 3.38. The summed E-state index contributed by atoms with van der Waals surface area (Å²) in [5, 5.41) is 14.4. The minimum Gasteiger partial charge on any atom is -0.394 e. The van der Waals surface area contributed by atoms with Crippen molar-refractivity contribution in [2.75, 3.05) is 35.7 Å². The van der Waals surface area contributed by atoms with E-state index in [1.165, 1.54) is 5.57 Å². The summed E-state index contributed by atoms with van der Waals surface area (Å²) in [5.41, 5.74) is 3.62. The molecule has 0 unspecified atom stereocenters. The van der Waals surface area contributed by atoms with Gasteiger partial charge >= 0.3 is 0 Å². The minimum absolute atomic E-state index is 0.0592. The highest BCUT2D eigenvalue weighted by Gasteiger charge is 2.39. The number of aliphatic hydroxyl groups is 1. The highest BCUT2D eigenvalue weighted by Crippen LogP contribution is 2.39. The molecule has 1 fully saturated rings. The summed E-state index contributed by atoms with van der Waals surface area (Å²) < 4.78 is 12.6. The summed E-state index contributed by atoms with van der Waals surface area (Å²) in [4.78, 5) is 23.6. The zero-order valence-corrected chi connectivity index (χ0v) is 19.3. The van der Waals surface area contributed by atoms with E-state index in [0.717, 1.165) is 57.5 Å². The van der Waals surface area contributed by atoms with Crippen molar-refractivity contribution in [3.8, 4) is 0 Å². The summed E-state index contributed by atoms with van der Waals surface area (Å²) in [6.07, 6.45) is 6.67. The van der Waals surface area contributed by atoms with Crippen LogP contribution < -0.4 is 10.2 Å². The second-order valence-corrected chi connectivity index (χ2v) is 11.6. The monoisotopic (exact) mass is 474 g/mol. The van der Waals surface area contributed by atoms with Gasteiger partial charge in [0.1, 0.15) is 15.7 Å². The Hall–Kier alpha value is -1.95. The van der Waals surface area contributed by atoms with Crippen molar-refractivity contribution in [2.24, 2.45) is 0 Å². The Kier molecular flexibility index (Phi) is 4.82. The molecule has 3 aromatic heterocycles. The van der Waals surface area contributed by atoms with Gasteiger partial charge in [-0.05, 0) is 31.3 Å². The summed E-state index contributed by atoms with van der Waals surface area (Å²) >= 11 is 3.22. The molecule has 162 valence electrons. The molecule has 0 spiro atoms. The van der Waals surface area contributed by atoms with Crippen LogP contribution in [-0.4, -0.2) is 60.2 Å². The molecule has 31 heavy (non-hydrogen) atoms.